The molecule has 2 aliphatic carbocycles. The maximum absolute atomic E-state index is 13.5. The molecule has 32 heavy (non-hydrogen) atoms. The predicted molar refractivity (Wildman–Crippen MR) is 126 cm³/mol. The summed E-state index contributed by atoms with van der Waals surface area (Å²) in [6.45, 7) is -0.731. The number of esters is 1. The van der Waals surface area contributed by atoms with E-state index in [-0.39, 0.29) is 18.0 Å². The number of rotatable bonds is 7. The highest BCUT2D eigenvalue weighted by atomic mass is 35.5. The molecule has 2 aromatic rings. The van der Waals surface area contributed by atoms with E-state index in [4.69, 9.17) is 16.3 Å². The minimum Gasteiger partial charge on any atom is -0.467 e. The Morgan fingerprint density at radius 2 is 1.94 bits per heavy atom. The van der Waals surface area contributed by atoms with Gasteiger partial charge in [0, 0.05) is 28.6 Å². The highest BCUT2D eigenvalue weighted by Gasteiger charge is 2.52. The number of carbonyl (C=O) groups excluding carboxylic acids is 1. The molecule has 1 saturated carbocycles. The van der Waals surface area contributed by atoms with Gasteiger partial charge < -0.3 is 15.2 Å². The number of anilines is 1. The quantitative estimate of drug-likeness (QED) is 0.536. The summed E-state index contributed by atoms with van der Waals surface area (Å²) in [5, 5.41) is 13.6. The monoisotopic (exact) mass is 457 g/mol. The first-order valence-corrected chi connectivity index (χ1v) is 11.4. The third-order valence-corrected chi connectivity index (χ3v) is 7.38. The van der Waals surface area contributed by atoms with Crippen molar-refractivity contribution in [2.24, 2.45) is 5.92 Å². The maximum Gasteiger partial charge on any atom is 0.331 e. The lowest BCUT2D eigenvalue weighted by Gasteiger charge is -2.46. The molecule has 0 bridgehead atoms. The molecule has 1 spiro atoms. The number of fused-ring (bicyclic) bond motifs is 2. The standard InChI is InChI=1S/C26H29ClFNO3/c1-32-24(31)26(29-22-7-4-6-21(27)15-22)11-9-25(10-12-26)20(13-18(16-28)17-30)14-19-5-2-3-8-23(19)25/h2-8,14-15,18,29-30H,9-13,16-17H2,1H3. The lowest BCUT2D eigenvalue weighted by molar-refractivity contribution is -0.147. The second-order valence-corrected chi connectivity index (χ2v) is 9.39. The van der Waals surface area contributed by atoms with Gasteiger partial charge in [-0.1, -0.05) is 53.6 Å². The average molecular weight is 458 g/mol. The molecule has 0 aliphatic heterocycles. The summed E-state index contributed by atoms with van der Waals surface area (Å²) in [6, 6.07) is 15.6. The van der Waals surface area contributed by atoms with E-state index in [1.807, 2.05) is 24.3 Å². The number of methoxy groups -OCH3 is 1. The lowest BCUT2D eigenvalue weighted by atomic mass is 9.61. The van der Waals surface area contributed by atoms with Crippen LogP contribution in [0.5, 0.6) is 0 Å². The number of hydrogen-bond donors (Lipinski definition) is 2. The Hall–Kier alpha value is -2.37. The van der Waals surface area contributed by atoms with Crippen molar-refractivity contribution in [3.8, 4) is 0 Å². The van der Waals surface area contributed by atoms with Crippen molar-refractivity contribution in [2.45, 2.75) is 43.1 Å². The first-order chi connectivity index (χ1) is 15.5. The van der Waals surface area contributed by atoms with Crippen LogP contribution in [0.2, 0.25) is 5.02 Å². The van der Waals surface area contributed by atoms with Gasteiger partial charge in [0.15, 0.2) is 0 Å². The van der Waals surface area contributed by atoms with E-state index >= 15 is 0 Å². The van der Waals surface area contributed by atoms with Crippen LogP contribution in [-0.2, 0) is 14.9 Å². The average Bonchev–Trinajstić information content (AvgIpc) is 3.11. The van der Waals surface area contributed by atoms with Crippen molar-refractivity contribution < 1.29 is 19.0 Å². The van der Waals surface area contributed by atoms with Crippen LogP contribution >= 0.6 is 11.6 Å². The van der Waals surface area contributed by atoms with E-state index in [0.29, 0.717) is 24.3 Å². The molecule has 2 aliphatic rings. The summed E-state index contributed by atoms with van der Waals surface area (Å²) >= 11 is 6.16. The van der Waals surface area contributed by atoms with E-state index in [2.05, 4.69) is 23.5 Å². The molecule has 2 aromatic carbocycles. The zero-order valence-corrected chi connectivity index (χ0v) is 19.0. The van der Waals surface area contributed by atoms with Crippen LogP contribution in [0.3, 0.4) is 0 Å². The Balaban J connectivity index is 1.66. The van der Waals surface area contributed by atoms with Crippen LogP contribution in [0.4, 0.5) is 10.1 Å². The number of alkyl halides is 1. The Morgan fingerprint density at radius 1 is 1.19 bits per heavy atom. The Kier molecular flexibility index (Phi) is 6.59. The summed E-state index contributed by atoms with van der Waals surface area (Å²) in [5.41, 5.74) is 3.19. The van der Waals surface area contributed by atoms with E-state index in [9.17, 15) is 14.3 Å². The third-order valence-electron chi connectivity index (χ3n) is 7.15. The molecule has 170 valence electrons. The van der Waals surface area contributed by atoms with Gasteiger partial charge >= 0.3 is 5.97 Å². The van der Waals surface area contributed by atoms with Crippen LogP contribution in [-0.4, -0.2) is 37.0 Å². The summed E-state index contributed by atoms with van der Waals surface area (Å²) in [4.78, 5) is 13.0. The van der Waals surface area contributed by atoms with E-state index in [1.165, 1.54) is 12.7 Å². The largest absolute Gasteiger partial charge is 0.467 e. The van der Waals surface area contributed by atoms with Crippen molar-refractivity contribution in [3.63, 3.8) is 0 Å². The number of allylic oxidation sites excluding steroid dienone is 1. The van der Waals surface area contributed by atoms with Crippen LogP contribution in [0, 0.1) is 5.92 Å². The molecule has 0 saturated heterocycles. The van der Waals surface area contributed by atoms with Crippen molar-refractivity contribution in [1.82, 2.24) is 0 Å². The number of benzene rings is 2. The molecule has 4 rings (SSSR count). The van der Waals surface area contributed by atoms with Gasteiger partial charge in [-0.3, -0.25) is 4.39 Å². The number of carbonyl (C=O) groups is 1. The third kappa shape index (κ3) is 4.04. The van der Waals surface area contributed by atoms with Crippen LogP contribution in [0.1, 0.15) is 43.2 Å². The summed E-state index contributed by atoms with van der Waals surface area (Å²) in [6.07, 6.45) is 5.25. The fourth-order valence-electron chi connectivity index (χ4n) is 5.40. The number of ether oxygens (including phenoxy) is 1. The second-order valence-electron chi connectivity index (χ2n) is 8.95. The Morgan fingerprint density at radius 3 is 2.59 bits per heavy atom. The lowest BCUT2D eigenvalue weighted by Crippen LogP contribution is -2.52. The second kappa shape index (κ2) is 9.24. The van der Waals surface area contributed by atoms with Crippen molar-refractivity contribution >= 4 is 29.3 Å². The van der Waals surface area contributed by atoms with Crippen LogP contribution < -0.4 is 5.32 Å². The molecule has 1 unspecified atom stereocenters. The van der Waals surface area contributed by atoms with E-state index in [0.717, 1.165) is 29.7 Å². The maximum atomic E-state index is 13.5. The van der Waals surface area contributed by atoms with E-state index in [1.54, 1.807) is 12.1 Å². The summed E-state index contributed by atoms with van der Waals surface area (Å²) in [7, 11) is 1.41. The number of aliphatic hydroxyl groups is 1. The summed E-state index contributed by atoms with van der Waals surface area (Å²) in [5.74, 6) is -0.703. The minimum absolute atomic E-state index is 0.178. The SMILES string of the molecule is COC(=O)C1(Nc2cccc(Cl)c2)CCC2(CC1)C(CC(CO)CF)=Cc1ccccc12. The van der Waals surface area contributed by atoms with Crippen molar-refractivity contribution in [1.29, 1.82) is 0 Å². The Bertz CT molecular complexity index is 1010. The number of halogens is 2. The number of aliphatic hydroxyl groups excluding tert-OH is 1. The van der Waals surface area contributed by atoms with Crippen molar-refractivity contribution in [3.05, 3.63) is 70.3 Å². The minimum atomic E-state index is -0.857. The zero-order valence-electron chi connectivity index (χ0n) is 18.2. The van der Waals surface area contributed by atoms with Crippen LogP contribution in [0.15, 0.2) is 54.1 Å². The van der Waals surface area contributed by atoms with Gasteiger partial charge in [0.25, 0.3) is 0 Å². The zero-order chi connectivity index (χ0) is 22.8. The fourth-order valence-corrected chi connectivity index (χ4v) is 5.59. The number of hydrogen-bond acceptors (Lipinski definition) is 4. The molecule has 6 heteroatoms. The molecule has 0 radical (unpaired) electrons. The first kappa shape index (κ1) is 22.8. The van der Waals surface area contributed by atoms with Gasteiger partial charge in [0.05, 0.1) is 13.8 Å². The molecule has 1 atom stereocenters. The topological polar surface area (TPSA) is 58.6 Å². The molecular weight excluding hydrogens is 429 g/mol. The normalized spacial score (nSPS) is 25.2. The molecule has 1 fully saturated rings. The van der Waals surface area contributed by atoms with Gasteiger partial charge in [0.1, 0.15) is 5.54 Å². The highest BCUT2D eigenvalue weighted by molar-refractivity contribution is 6.30. The van der Waals surface area contributed by atoms with Crippen LogP contribution in [0.25, 0.3) is 6.08 Å². The van der Waals surface area contributed by atoms with Gasteiger partial charge in [-0.15, -0.1) is 0 Å². The van der Waals surface area contributed by atoms with Gasteiger partial charge in [0.2, 0.25) is 0 Å². The van der Waals surface area contributed by atoms with Gasteiger partial charge in [-0.05, 0) is 61.4 Å². The highest BCUT2D eigenvalue weighted by Crippen LogP contribution is 2.55. The van der Waals surface area contributed by atoms with Crippen molar-refractivity contribution in [2.75, 3.05) is 25.7 Å². The van der Waals surface area contributed by atoms with Gasteiger partial charge in [-0.25, -0.2) is 4.79 Å². The first-order valence-electron chi connectivity index (χ1n) is 11.1. The Labute approximate surface area is 193 Å². The molecule has 4 nitrogen and oxygen atoms in total. The molecule has 0 aromatic heterocycles. The molecule has 2 N–H and O–H groups in total. The molecule has 0 heterocycles. The smallest absolute Gasteiger partial charge is 0.331 e. The molecular formula is C26H29ClFNO3. The summed E-state index contributed by atoms with van der Waals surface area (Å²) < 4.78 is 18.7. The van der Waals surface area contributed by atoms with Gasteiger partial charge in [-0.2, -0.15) is 0 Å². The number of nitrogens with one attached hydrogen (secondary N) is 1. The van der Waals surface area contributed by atoms with E-state index < -0.39 is 18.1 Å². The molecule has 0 amide bonds. The predicted octanol–water partition coefficient (Wildman–Crippen LogP) is 5.54. The fraction of sp³-hybridized carbons (Fsp3) is 0.423.